The van der Waals surface area contributed by atoms with Gasteiger partial charge >= 0.3 is 12.1 Å². The van der Waals surface area contributed by atoms with Gasteiger partial charge in [-0.1, -0.05) is 6.58 Å². The second-order valence-electron chi connectivity index (χ2n) is 2.76. The maximum atomic E-state index is 11.0. The van der Waals surface area contributed by atoms with Gasteiger partial charge in [-0.25, -0.2) is 9.59 Å². The molecule has 0 rings (SSSR count). The molecule has 0 saturated heterocycles. The number of alkyl halides is 2. The molecular formula is C7H10I2N3O5-. The lowest BCUT2D eigenvalue weighted by molar-refractivity contribution is -0.145. The van der Waals surface area contributed by atoms with Gasteiger partial charge in [-0.2, -0.15) is 0 Å². The van der Waals surface area contributed by atoms with Crippen molar-refractivity contribution in [2.24, 2.45) is 5.73 Å². The average Bonchev–Trinajstić information content (AvgIpc) is 2.22. The van der Waals surface area contributed by atoms with Crippen molar-refractivity contribution >= 4 is 57.2 Å². The predicted molar refractivity (Wildman–Crippen MR) is 75.8 cm³/mol. The van der Waals surface area contributed by atoms with Gasteiger partial charge in [0.15, 0.2) is 0 Å². The molecule has 3 N–H and O–H groups in total. The molecule has 0 aromatic rings. The van der Waals surface area contributed by atoms with Crippen LogP contribution in [0.2, 0.25) is 0 Å². The molecule has 0 radical (unpaired) electrons. The van der Waals surface area contributed by atoms with E-state index < -0.39 is 13.6 Å². The number of halogens is 2. The van der Waals surface area contributed by atoms with Crippen LogP contribution >= 0.6 is 45.2 Å². The van der Waals surface area contributed by atoms with Crippen molar-refractivity contribution in [2.75, 3.05) is 13.7 Å². The summed E-state index contributed by atoms with van der Waals surface area (Å²) in [6.07, 6.45) is -1.01. The summed E-state index contributed by atoms with van der Waals surface area (Å²) in [5.41, 5.74) is 6.33. The van der Waals surface area contributed by atoms with Crippen LogP contribution in [-0.2, 0) is 14.4 Å². The molecule has 0 aliphatic carbocycles. The minimum Gasteiger partial charge on any atom is -0.784 e. The summed E-state index contributed by atoms with van der Waals surface area (Å²) < 4.78 is 3.71. The van der Waals surface area contributed by atoms with Crippen LogP contribution in [0.25, 0.3) is 0 Å². The van der Waals surface area contributed by atoms with E-state index in [9.17, 15) is 14.8 Å². The maximum Gasteiger partial charge on any atom is 0.440 e. The van der Waals surface area contributed by atoms with Crippen LogP contribution < -0.4 is 11.2 Å². The Hall–Kier alpha value is -0.340. The smallest absolute Gasteiger partial charge is 0.440 e. The first kappa shape index (κ1) is 16.7. The molecule has 98 valence electrons. The third kappa shape index (κ3) is 6.85. The topological polar surface area (TPSA) is 117 Å². The van der Waals surface area contributed by atoms with E-state index in [2.05, 4.69) is 16.2 Å². The molecule has 0 saturated carbocycles. The fourth-order valence-corrected chi connectivity index (χ4v) is 0.738. The number of hydroxylamine groups is 3. The number of hydrogen-bond acceptors (Lipinski definition) is 7. The molecule has 0 bridgehead atoms. The Morgan fingerprint density at radius 1 is 1.59 bits per heavy atom. The summed E-state index contributed by atoms with van der Waals surface area (Å²) in [4.78, 5) is 26.0. The number of nitrogens with one attached hydrogen (secondary N) is 1. The normalized spacial score (nSPS) is 10.9. The van der Waals surface area contributed by atoms with E-state index in [0.29, 0.717) is 5.06 Å². The van der Waals surface area contributed by atoms with E-state index in [1.54, 1.807) is 50.7 Å². The van der Waals surface area contributed by atoms with Gasteiger partial charge < -0.3 is 25.6 Å². The van der Waals surface area contributed by atoms with Crippen LogP contribution in [0.1, 0.15) is 0 Å². The van der Waals surface area contributed by atoms with Gasteiger partial charge in [-0.15, -0.1) is 5.48 Å². The summed E-state index contributed by atoms with van der Waals surface area (Å²) in [5, 5.41) is 11.6. The molecule has 1 amide bonds. The number of hydrogen-bond donors (Lipinski definition) is 2. The molecule has 0 heterocycles. The van der Waals surface area contributed by atoms with Crippen LogP contribution in [0.3, 0.4) is 0 Å². The summed E-state index contributed by atoms with van der Waals surface area (Å²) in [5.74, 6) is -0.988. The lowest BCUT2D eigenvalue weighted by atomic mass is 10.5. The molecule has 8 nitrogen and oxygen atoms in total. The highest BCUT2D eigenvalue weighted by Crippen LogP contribution is 2.30. The zero-order valence-electron chi connectivity index (χ0n) is 8.74. The zero-order valence-corrected chi connectivity index (χ0v) is 13.1. The molecule has 0 unspecified atom stereocenters. The summed E-state index contributed by atoms with van der Waals surface area (Å²) in [6.45, 7) is 2.91. The highest BCUT2D eigenvalue weighted by molar-refractivity contribution is 14.2. The van der Waals surface area contributed by atoms with Crippen LogP contribution in [0, 0.1) is 5.21 Å². The van der Waals surface area contributed by atoms with E-state index in [-0.39, 0.29) is 12.3 Å². The van der Waals surface area contributed by atoms with Crippen molar-refractivity contribution in [1.82, 2.24) is 10.5 Å². The van der Waals surface area contributed by atoms with Gasteiger partial charge in [0.1, 0.15) is 13.9 Å². The Bertz CT molecular complexity index is 321. The SMILES string of the molecule is C=C(N)C(=O)ONC(=O)OCC(I)(I)N(C)[O-]. The van der Waals surface area contributed by atoms with E-state index in [1.807, 2.05) is 0 Å². The molecular weight excluding hydrogens is 460 g/mol. The Balaban J connectivity index is 3.97. The van der Waals surface area contributed by atoms with Crippen molar-refractivity contribution in [1.29, 1.82) is 0 Å². The molecule has 0 aliphatic heterocycles. The maximum absolute atomic E-state index is 11.0. The monoisotopic (exact) mass is 470 g/mol. The predicted octanol–water partition coefficient (Wildman–Crippen LogP) is 0.597. The van der Waals surface area contributed by atoms with E-state index in [1.165, 1.54) is 7.05 Å². The number of ether oxygens (including phenoxy) is 1. The van der Waals surface area contributed by atoms with Crippen LogP contribution in [0.4, 0.5) is 4.79 Å². The van der Waals surface area contributed by atoms with Crippen molar-refractivity contribution in [3.63, 3.8) is 0 Å². The van der Waals surface area contributed by atoms with E-state index in [4.69, 9.17) is 5.73 Å². The Kier molecular flexibility index (Phi) is 7.03. The standard InChI is InChI=1S/C7H10I2N3O5/c1-4(10)5(13)17-11-6(14)16-3-7(8,9)12(2)15/h1,3,10H2,2H3,(H,11,14)/q-1. The molecule has 17 heavy (non-hydrogen) atoms. The van der Waals surface area contributed by atoms with Gasteiger partial charge in [-0.05, 0) is 52.2 Å². The molecule has 0 atom stereocenters. The Morgan fingerprint density at radius 2 is 2.12 bits per heavy atom. The van der Waals surface area contributed by atoms with Gasteiger partial charge in [0.25, 0.3) is 0 Å². The first-order valence-corrected chi connectivity index (χ1v) is 6.19. The van der Waals surface area contributed by atoms with Crippen molar-refractivity contribution in [3.8, 4) is 0 Å². The summed E-state index contributed by atoms with van der Waals surface area (Å²) >= 11 is 3.61. The minimum atomic E-state index is -1.01. The fraction of sp³-hybridized carbons (Fsp3) is 0.429. The van der Waals surface area contributed by atoms with E-state index >= 15 is 0 Å². The number of carbonyl (C=O) groups excluding carboxylic acids is 2. The zero-order chi connectivity index (χ0) is 13.6. The lowest BCUT2D eigenvalue weighted by Crippen LogP contribution is -2.38. The molecule has 10 heteroatoms. The van der Waals surface area contributed by atoms with Crippen molar-refractivity contribution in [2.45, 2.75) is 1.55 Å². The largest absolute Gasteiger partial charge is 0.784 e. The van der Waals surface area contributed by atoms with Crippen LogP contribution in [-0.4, -0.2) is 32.3 Å². The fourth-order valence-electron chi connectivity index (χ4n) is 0.426. The van der Waals surface area contributed by atoms with Crippen LogP contribution in [0.15, 0.2) is 12.3 Å². The Labute approximate surface area is 125 Å². The third-order valence-electron chi connectivity index (χ3n) is 1.33. The third-order valence-corrected chi connectivity index (χ3v) is 3.31. The second kappa shape index (κ2) is 7.17. The Morgan fingerprint density at radius 3 is 2.53 bits per heavy atom. The number of nitrogens with zero attached hydrogens (tertiary/aromatic N) is 1. The number of carbonyl (C=O) groups is 2. The molecule has 0 fully saturated rings. The van der Waals surface area contributed by atoms with E-state index in [0.717, 1.165) is 0 Å². The van der Waals surface area contributed by atoms with Gasteiger partial charge in [0.05, 0.1) is 0 Å². The summed E-state index contributed by atoms with van der Waals surface area (Å²) in [6, 6.07) is 0. The quantitative estimate of drug-likeness (QED) is 0.203. The number of nitrogens with two attached hydrogens (primary N) is 1. The van der Waals surface area contributed by atoms with Gasteiger partial charge in [-0.3, -0.25) is 0 Å². The molecule has 0 aromatic carbocycles. The second-order valence-corrected chi connectivity index (χ2v) is 8.39. The van der Waals surface area contributed by atoms with Crippen molar-refractivity contribution in [3.05, 3.63) is 17.5 Å². The average molecular weight is 470 g/mol. The van der Waals surface area contributed by atoms with Gasteiger partial charge in [0, 0.05) is 0 Å². The summed E-state index contributed by atoms with van der Waals surface area (Å²) in [7, 11) is 1.29. The minimum absolute atomic E-state index is 0.193. The molecule has 0 aromatic heterocycles. The molecule has 0 spiro atoms. The highest BCUT2D eigenvalue weighted by Gasteiger charge is 2.24. The molecule has 0 aliphatic rings. The van der Waals surface area contributed by atoms with Crippen LogP contribution in [0.5, 0.6) is 0 Å². The van der Waals surface area contributed by atoms with Gasteiger partial charge in [0.2, 0.25) is 0 Å². The van der Waals surface area contributed by atoms with Crippen molar-refractivity contribution < 1.29 is 19.2 Å². The lowest BCUT2D eigenvalue weighted by Gasteiger charge is -2.36. The first-order valence-electron chi connectivity index (χ1n) is 4.04. The highest BCUT2D eigenvalue weighted by atomic mass is 127. The number of rotatable bonds is 4. The number of likely N-dealkylation sites (N-methyl/N-ethyl adjacent to an activating group) is 1. The number of amides is 1. The first-order chi connectivity index (χ1) is 7.66.